The van der Waals surface area contributed by atoms with Gasteiger partial charge in [0.2, 0.25) is 6.61 Å². The first-order valence-corrected chi connectivity index (χ1v) is 11.7. The fourth-order valence-electron chi connectivity index (χ4n) is 3.04. The molecule has 2 aliphatic heterocycles. The van der Waals surface area contributed by atoms with Crippen molar-refractivity contribution in [1.29, 1.82) is 0 Å². The highest BCUT2D eigenvalue weighted by molar-refractivity contribution is 8.00. The van der Waals surface area contributed by atoms with Gasteiger partial charge in [-0.3, -0.25) is 14.5 Å². The van der Waals surface area contributed by atoms with Crippen LogP contribution in [0.5, 0.6) is 0 Å². The summed E-state index contributed by atoms with van der Waals surface area (Å²) in [5.74, 6) is 1.88. The van der Waals surface area contributed by atoms with E-state index in [2.05, 4.69) is 32.1 Å². The minimum atomic E-state index is -1.30. The van der Waals surface area contributed by atoms with Crippen molar-refractivity contribution in [3.8, 4) is 11.8 Å². The van der Waals surface area contributed by atoms with E-state index in [0.29, 0.717) is 12.0 Å². The van der Waals surface area contributed by atoms with E-state index in [0.717, 1.165) is 16.2 Å². The van der Waals surface area contributed by atoms with Crippen LogP contribution in [0.1, 0.15) is 19.0 Å². The van der Waals surface area contributed by atoms with Gasteiger partial charge in [0.1, 0.15) is 22.8 Å². The molecule has 35 heavy (non-hydrogen) atoms. The molecular formula is C20H20ClN5O7S2. The van der Waals surface area contributed by atoms with E-state index in [4.69, 9.17) is 10.8 Å². The van der Waals surface area contributed by atoms with Crippen LogP contribution in [-0.4, -0.2) is 73.3 Å². The van der Waals surface area contributed by atoms with Gasteiger partial charge in [-0.2, -0.15) is 0 Å². The minimum absolute atomic E-state index is 0. The summed E-state index contributed by atoms with van der Waals surface area (Å²) in [6, 6.07) is -1.03. The fourth-order valence-corrected chi connectivity index (χ4v) is 4.90. The van der Waals surface area contributed by atoms with Crippen LogP contribution >= 0.6 is 35.5 Å². The minimum Gasteiger partial charge on any atom is -0.479 e. The summed E-state index contributed by atoms with van der Waals surface area (Å²) >= 11 is 2.31. The van der Waals surface area contributed by atoms with Gasteiger partial charge in [0.15, 0.2) is 10.8 Å². The number of oxime groups is 1. The zero-order valence-corrected chi connectivity index (χ0v) is 20.5. The maximum Gasteiger partial charge on any atom is 0.352 e. The number of rotatable bonds is 8. The number of nitrogen functional groups attached to an aromatic ring is 1. The molecule has 0 aromatic carbocycles. The Hall–Kier alpha value is -3.54. The molecule has 2 aliphatic rings. The second-order valence-electron chi connectivity index (χ2n) is 6.73. The van der Waals surface area contributed by atoms with Gasteiger partial charge in [-0.15, -0.1) is 35.5 Å². The van der Waals surface area contributed by atoms with Crippen LogP contribution in [0.3, 0.4) is 0 Å². The van der Waals surface area contributed by atoms with Crippen LogP contribution in [0.25, 0.3) is 0 Å². The molecule has 1 aromatic rings. The van der Waals surface area contributed by atoms with E-state index in [9.17, 15) is 24.3 Å². The highest BCUT2D eigenvalue weighted by atomic mass is 35.5. The van der Waals surface area contributed by atoms with Crippen molar-refractivity contribution in [1.82, 2.24) is 15.2 Å². The van der Waals surface area contributed by atoms with Gasteiger partial charge < -0.3 is 26.1 Å². The zero-order valence-electron chi connectivity index (χ0n) is 18.1. The number of amides is 2. The number of nitrogens with zero attached hydrogens (tertiary/aromatic N) is 3. The van der Waals surface area contributed by atoms with Gasteiger partial charge in [-0.05, 0) is 17.7 Å². The molecule has 2 atom stereocenters. The number of β-lactam (4-membered cyclic amide) rings is 1. The molecule has 12 nitrogen and oxygen atoms in total. The number of nitrogens with two attached hydrogens (primary N) is 1. The monoisotopic (exact) mass is 541 g/mol. The summed E-state index contributed by atoms with van der Waals surface area (Å²) in [6.45, 7) is 1.09. The summed E-state index contributed by atoms with van der Waals surface area (Å²) in [5, 5.41) is 25.4. The number of carboxylic acid groups (broad SMARTS) is 2. The highest BCUT2D eigenvalue weighted by Crippen LogP contribution is 2.40. The van der Waals surface area contributed by atoms with Gasteiger partial charge in [-0.25, -0.2) is 14.6 Å². The molecule has 2 amide bonds. The van der Waals surface area contributed by atoms with Crippen molar-refractivity contribution in [3.63, 3.8) is 0 Å². The number of aliphatic carboxylic acids is 2. The number of aromatic nitrogens is 1. The molecule has 0 saturated carbocycles. The number of thioether (sulfide) groups is 1. The molecule has 15 heteroatoms. The number of fused-ring (bicyclic) bond motifs is 1. The number of thiazole rings is 1. The fraction of sp³-hybridized carbons (Fsp3) is 0.300. The van der Waals surface area contributed by atoms with Crippen molar-refractivity contribution >= 4 is 70.1 Å². The SMILES string of the molecule is CCC#C/C=C\C1=C(C(=O)O)N2C(=O)[C@@H](NC(=O)/C(=N/OCC(=O)O)c3csc(N)n3)[C@H]2SC1.Cl. The van der Waals surface area contributed by atoms with Gasteiger partial charge in [0, 0.05) is 17.6 Å². The van der Waals surface area contributed by atoms with Crippen LogP contribution in [0.4, 0.5) is 5.13 Å². The number of carbonyl (C=O) groups is 4. The highest BCUT2D eigenvalue weighted by Gasteiger charge is 2.54. The Morgan fingerprint density at radius 3 is 2.77 bits per heavy atom. The van der Waals surface area contributed by atoms with E-state index >= 15 is 0 Å². The lowest BCUT2D eigenvalue weighted by molar-refractivity contribution is -0.150. The second kappa shape index (κ2) is 12.2. The van der Waals surface area contributed by atoms with Gasteiger partial charge >= 0.3 is 11.9 Å². The van der Waals surface area contributed by atoms with Crippen molar-refractivity contribution in [3.05, 3.63) is 34.5 Å². The first-order chi connectivity index (χ1) is 16.2. The molecule has 3 heterocycles. The topological polar surface area (TPSA) is 185 Å². The lowest BCUT2D eigenvalue weighted by Gasteiger charge is -2.49. The van der Waals surface area contributed by atoms with E-state index in [-0.39, 0.29) is 40.4 Å². The third-order valence-corrected chi connectivity index (χ3v) is 6.43. The number of carboxylic acids is 2. The summed E-state index contributed by atoms with van der Waals surface area (Å²) < 4.78 is 0. The Morgan fingerprint density at radius 1 is 1.43 bits per heavy atom. The quantitative estimate of drug-likeness (QED) is 0.158. The normalized spacial score (nSPS) is 19.2. The molecule has 0 aliphatic carbocycles. The average molecular weight is 542 g/mol. The van der Waals surface area contributed by atoms with Crippen LogP contribution in [0.2, 0.25) is 0 Å². The van der Waals surface area contributed by atoms with Gasteiger partial charge in [-0.1, -0.05) is 23.9 Å². The number of allylic oxidation sites excluding steroid dienone is 2. The molecule has 0 spiro atoms. The van der Waals surface area contributed by atoms with Gasteiger partial charge in [0.05, 0.1) is 0 Å². The Morgan fingerprint density at radius 2 is 2.17 bits per heavy atom. The summed E-state index contributed by atoms with van der Waals surface area (Å²) in [4.78, 5) is 57.9. The number of anilines is 1. The average Bonchev–Trinajstić information content (AvgIpc) is 3.22. The van der Waals surface area contributed by atoms with Crippen LogP contribution in [0, 0.1) is 11.8 Å². The van der Waals surface area contributed by atoms with Gasteiger partial charge in [0.25, 0.3) is 11.8 Å². The summed E-state index contributed by atoms with van der Waals surface area (Å²) in [6.07, 6.45) is 3.75. The van der Waals surface area contributed by atoms with Crippen molar-refractivity contribution in [2.24, 2.45) is 5.16 Å². The van der Waals surface area contributed by atoms with E-state index < -0.39 is 41.8 Å². The summed E-state index contributed by atoms with van der Waals surface area (Å²) in [5.41, 5.74) is 5.53. The second-order valence-corrected chi connectivity index (χ2v) is 8.72. The van der Waals surface area contributed by atoms with Crippen molar-refractivity contribution < 1.29 is 34.2 Å². The largest absolute Gasteiger partial charge is 0.479 e. The Labute approximate surface area is 213 Å². The smallest absolute Gasteiger partial charge is 0.352 e. The van der Waals surface area contributed by atoms with E-state index in [1.165, 1.54) is 23.2 Å². The van der Waals surface area contributed by atoms with Crippen LogP contribution in [0.15, 0.2) is 34.0 Å². The number of hydrogen-bond acceptors (Lipinski definition) is 10. The third-order valence-electron chi connectivity index (χ3n) is 4.46. The molecule has 1 saturated heterocycles. The molecule has 186 valence electrons. The maximum absolute atomic E-state index is 12.9. The molecule has 0 bridgehead atoms. The number of halogens is 1. The summed E-state index contributed by atoms with van der Waals surface area (Å²) in [7, 11) is 0. The lowest BCUT2D eigenvalue weighted by Crippen LogP contribution is -2.71. The first-order valence-electron chi connectivity index (χ1n) is 9.74. The molecule has 0 radical (unpaired) electrons. The molecule has 3 rings (SSSR count). The third kappa shape index (κ3) is 6.32. The predicted octanol–water partition coefficient (Wildman–Crippen LogP) is 0.661. The number of carbonyl (C=O) groups excluding carboxylic acids is 2. The van der Waals surface area contributed by atoms with E-state index in [1.54, 1.807) is 6.08 Å². The standard InChI is InChI=1S/C20H19N5O7S2.ClH/c1-2-3-4-5-6-10-8-33-18-14(17(29)25(18)15(10)19(30)31)23-16(28)13(24-32-7-12(26)27)11-9-34-20(21)22-11;/h5-6,9,14,18H,2,7-8H2,1H3,(H2,21,22)(H,23,28)(H,26,27)(H,30,31);1H/b6-5-,24-13+;/t14-,18-;/m1./s1. The van der Waals surface area contributed by atoms with Crippen LogP contribution in [-0.2, 0) is 24.0 Å². The Bertz CT molecular complexity index is 1180. The number of nitrogens with one attached hydrogen (secondary N) is 1. The maximum atomic E-state index is 12.9. The molecule has 5 N–H and O–H groups in total. The van der Waals surface area contributed by atoms with Crippen LogP contribution < -0.4 is 11.1 Å². The molecule has 0 unspecified atom stereocenters. The zero-order chi connectivity index (χ0) is 24.8. The molecular weight excluding hydrogens is 522 g/mol. The first kappa shape index (κ1) is 27.7. The Kier molecular flexibility index (Phi) is 9.69. The number of hydrogen-bond donors (Lipinski definition) is 4. The van der Waals surface area contributed by atoms with Crippen molar-refractivity contribution in [2.75, 3.05) is 18.1 Å². The molecule has 1 aromatic heterocycles. The lowest BCUT2D eigenvalue weighted by atomic mass is 10.0. The molecule has 1 fully saturated rings. The Balaban J connectivity index is 0.00000432. The van der Waals surface area contributed by atoms with Crippen molar-refractivity contribution in [2.45, 2.75) is 24.8 Å². The van der Waals surface area contributed by atoms with E-state index in [1.807, 2.05) is 6.92 Å². The predicted molar refractivity (Wildman–Crippen MR) is 131 cm³/mol.